The fourth-order valence-electron chi connectivity index (χ4n) is 2.71. The van der Waals surface area contributed by atoms with Crippen LogP contribution < -0.4 is 10.1 Å². The van der Waals surface area contributed by atoms with Crippen molar-refractivity contribution in [3.8, 4) is 22.9 Å². The molecule has 0 spiro atoms. The van der Waals surface area contributed by atoms with Gasteiger partial charge >= 0.3 is 0 Å². The molecule has 0 atom stereocenters. The van der Waals surface area contributed by atoms with E-state index in [1.807, 2.05) is 24.3 Å². The van der Waals surface area contributed by atoms with Crippen LogP contribution in [0.1, 0.15) is 5.76 Å². The topological polar surface area (TPSA) is 73.5 Å². The molecule has 0 amide bonds. The van der Waals surface area contributed by atoms with Crippen molar-refractivity contribution in [2.45, 2.75) is 0 Å². The van der Waals surface area contributed by atoms with E-state index in [-0.39, 0.29) is 5.56 Å². The molecule has 0 N–H and O–H groups in total. The largest absolute Gasteiger partial charge is 0.461 e. The maximum atomic E-state index is 12.6. The van der Waals surface area contributed by atoms with Crippen molar-refractivity contribution in [3.05, 3.63) is 80.5 Å². The van der Waals surface area contributed by atoms with Gasteiger partial charge in [-0.05, 0) is 36.4 Å². The molecule has 5 rings (SSSR count). The number of aromatic nitrogens is 3. The molecule has 5 aromatic rings. The van der Waals surface area contributed by atoms with Gasteiger partial charge < -0.3 is 8.83 Å². The summed E-state index contributed by atoms with van der Waals surface area (Å²) in [5.41, 5.74) is 0.544. The van der Waals surface area contributed by atoms with E-state index in [1.54, 1.807) is 30.3 Å². The van der Waals surface area contributed by atoms with E-state index in [0.29, 0.717) is 37.6 Å². The Labute approximate surface area is 160 Å². The molecule has 27 heavy (non-hydrogen) atoms. The van der Waals surface area contributed by atoms with Crippen LogP contribution in [0.4, 0.5) is 0 Å². The molecule has 0 saturated carbocycles. The van der Waals surface area contributed by atoms with E-state index in [1.165, 1.54) is 22.1 Å². The second-order valence-corrected chi connectivity index (χ2v) is 7.12. The summed E-state index contributed by atoms with van der Waals surface area (Å²) in [4.78, 5) is 17.4. The summed E-state index contributed by atoms with van der Waals surface area (Å²) in [5.74, 6) is 2.09. The van der Waals surface area contributed by atoms with E-state index >= 15 is 0 Å². The molecule has 4 heterocycles. The number of halogens is 1. The molecule has 0 bridgehead atoms. The highest BCUT2D eigenvalue weighted by Crippen LogP contribution is 2.29. The van der Waals surface area contributed by atoms with Crippen LogP contribution in [0.2, 0.25) is 5.02 Å². The van der Waals surface area contributed by atoms with Gasteiger partial charge in [-0.25, -0.2) is 0 Å². The Hall–Kier alpha value is -3.16. The monoisotopic (exact) mass is 395 g/mol. The van der Waals surface area contributed by atoms with Crippen LogP contribution in [0, 0.1) is 0 Å². The molecule has 6 nitrogen and oxygen atoms in total. The fourth-order valence-corrected chi connectivity index (χ4v) is 3.83. The van der Waals surface area contributed by atoms with Crippen LogP contribution in [0.5, 0.6) is 0 Å². The quantitative estimate of drug-likeness (QED) is 0.463. The van der Waals surface area contributed by atoms with Crippen molar-refractivity contribution in [1.29, 1.82) is 0 Å². The zero-order valence-corrected chi connectivity index (χ0v) is 15.2. The number of thiazole rings is 1. The Morgan fingerprint density at radius 3 is 2.74 bits per heavy atom. The van der Waals surface area contributed by atoms with Gasteiger partial charge in [0.1, 0.15) is 16.1 Å². The highest BCUT2D eigenvalue weighted by molar-refractivity contribution is 7.15. The Kier molecular flexibility index (Phi) is 3.70. The molecule has 0 fully saturated rings. The van der Waals surface area contributed by atoms with E-state index in [9.17, 15) is 4.79 Å². The molecule has 8 heteroatoms. The van der Waals surface area contributed by atoms with Crippen molar-refractivity contribution < 1.29 is 8.83 Å². The Morgan fingerprint density at radius 2 is 1.96 bits per heavy atom. The third-order valence-corrected chi connectivity index (χ3v) is 5.25. The van der Waals surface area contributed by atoms with Crippen molar-refractivity contribution in [3.63, 3.8) is 0 Å². The zero-order chi connectivity index (χ0) is 18.4. The summed E-state index contributed by atoms with van der Waals surface area (Å²) in [6, 6.07) is 14.5. The first-order valence-electron chi connectivity index (χ1n) is 7.99. The van der Waals surface area contributed by atoms with Crippen molar-refractivity contribution in [2.24, 2.45) is 0 Å². The van der Waals surface area contributed by atoms with Gasteiger partial charge in [-0.1, -0.05) is 35.1 Å². The standard InChI is InChI=1S/C19H10ClN3O3S/c20-13-5-2-1-4-12(13)14-8-7-11(26-14)10-16-18(24)23-19(27-16)21-17(22-23)15-6-3-9-25-15/h1-10H. The second kappa shape index (κ2) is 6.22. The number of rotatable bonds is 3. The van der Waals surface area contributed by atoms with E-state index in [4.69, 9.17) is 20.4 Å². The average molecular weight is 396 g/mol. The normalized spacial score (nSPS) is 12.3. The smallest absolute Gasteiger partial charge is 0.291 e. The molecule has 0 aliphatic rings. The van der Waals surface area contributed by atoms with Crippen molar-refractivity contribution in [1.82, 2.24) is 14.6 Å². The van der Waals surface area contributed by atoms with Gasteiger partial charge in [0.15, 0.2) is 5.76 Å². The third kappa shape index (κ3) is 2.77. The van der Waals surface area contributed by atoms with Gasteiger partial charge in [-0.2, -0.15) is 9.50 Å². The van der Waals surface area contributed by atoms with Gasteiger partial charge in [-0.3, -0.25) is 4.79 Å². The number of hydrogen-bond acceptors (Lipinski definition) is 6. The summed E-state index contributed by atoms with van der Waals surface area (Å²) in [5, 5.41) is 4.83. The highest BCUT2D eigenvalue weighted by Gasteiger charge is 2.14. The van der Waals surface area contributed by atoms with Gasteiger partial charge in [0.25, 0.3) is 5.56 Å². The summed E-state index contributed by atoms with van der Waals surface area (Å²) in [6.45, 7) is 0. The summed E-state index contributed by atoms with van der Waals surface area (Å²) in [6.07, 6.45) is 3.21. The minimum absolute atomic E-state index is 0.254. The predicted octanol–water partition coefficient (Wildman–Crippen LogP) is 3.87. The maximum absolute atomic E-state index is 12.6. The molecule has 0 saturated heterocycles. The Balaban J connectivity index is 1.55. The number of nitrogens with zero attached hydrogens (tertiary/aromatic N) is 3. The second-order valence-electron chi connectivity index (χ2n) is 5.70. The lowest BCUT2D eigenvalue weighted by Gasteiger charge is -1.98. The van der Waals surface area contributed by atoms with E-state index in [0.717, 1.165) is 5.56 Å². The summed E-state index contributed by atoms with van der Waals surface area (Å²) in [7, 11) is 0. The number of fused-ring (bicyclic) bond motifs is 1. The molecular formula is C19H10ClN3O3S. The molecule has 0 unspecified atom stereocenters. The average Bonchev–Trinajstić information content (AvgIpc) is 3.43. The van der Waals surface area contributed by atoms with Gasteiger partial charge in [0.2, 0.25) is 10.8 Å². The first kappa shape index (κ1) is 16.0. The minimum Gasteiger partial charge on any atom is -0.461 e. The lowest BCUT2D eigenvalue weighted by Crippen LogP contribution is -2.23. The molecule has 132 valence electrons. The lowest BCUT2D eigenvalue weighted by molar-refractivity contribution is 0.571. The molecule has 0 aliphatic carbocycles. The minimum atomic E-state index is -0.254. The van der Waals surface area contributed by atoms with E-state index < -0.39 is 0 Å². The zero-order valence-electron chi connectivity index (χ0n) is 13.6. The number of furan rings is 2. The van der Waals surface area contributed by atoms with Crippen molar-refractivity contribution in [2.75, 3.05) is 0 Å². The third-order valence-electron chi connectivity index (χ3n) is 3.96. The predicted molar refractivity (Wildman–Crippen MR) is 103 cm³/mol. The Bertz CT molecular complexity index is 1370. The van der Waals surface area contributed by atoms with Crippen LogP contribution in [0.15, 0.2) is 68.4 Å². The van der Waals surface area contributed by atoms with Crippen LogP contribution in [0.3, 0.4) is 0 Å². The van der Waals surface area contributed by atoms with Gasteiger partial charge in [0, 0.05) is 11.6 Å². The van der Waals surface area contributed by atoms with Crippen LogP contribution in [-0.2, 0) is 0 Å². The summed E-state index contributed by atoms with van der Waals surface area (Å²) >= 11 is 7.44. The molecular weight excluding hydrogens is 386 g/mol. The Morgan fingerprint density at radius 1 is 1.07 bits per heavy atom. The van der Waals surface area contributed by atoms with Gasteiger partial charge in [-0.15, -0.1) is 5.10 Å². The molecule has 0 aliphatic heterocycles. The molecule has 4 aromatic heterocycles. The molecule has 1 aromatic carbocycles. The van der Waals surface area contributed by atoms with Crippen LogP contribution in [-0.4, -0.2) is 14.6 Å². The highest BCUT2D eigenvalue weighted by atomic mass is 35.5. The first-order valence-corrected chi connectivity index (χ1v) is 9.18. The number of benzene rings is 1. The molecule has 0 radical (unpaired) electrons. The maximum Gasteiger partial charge on any atom is 0.291 e. The van der Waals surface area contributed by atoms with E-state index in [2.05, 4.69) is 10.1 Å². The van der Waals surface area contributed by atoms with Crippen LogP contribution in [0.25, 0.3) is 33.9 Å². The SMILES string of the molecule is O=c1c(=Cc2ccc(-c3ccccc3Cl)o2)sc2nc(-c3ccco3)nn12. The van der Waals surface area contributed by atoms with Crippen molar-refractivity contribution >= 4 is 34.0 Å². The fraction of sp³-hybridized carbons (Fsp3) is 0. The van der Waals surface area contributed by atoms with Gasteiger partial charge in [0.05, 0.1) is 11.3 Å². The first-order chi connectivity index (χ1) is 13.2. The summed E-state index contributed by atoms with van der Waals surface area (Å²) < 4.78 is 12.8. The van der Waals surface area contributed by atoms with Crippen LogP contribution >= 0.6 is 22.9 Å². The lowest BCUT2D eigenvalue weighted by atomic mass is 10.2. The number of hydrogen-bond donors (Lipinski definition) is 0.